The van der Waals surface area contributed by atoms with Crippen molar-refractivity contribution in [3.63, 3.8) is 0 Å². The Labute approximate surface area is 122 Å². The van der Waals surface area contributed by atoms with Crippen LogP contribution in [0.5, 0.6) is 0 Å². The summed E-state index contributed by atoms with van der Waals surface area (Å²) >= 11 is 0. The Morgan fingerprint density at radius 3 is 1.37 bits per heavy atom. The summed E-state index contributed by atoms with van der Waals surface area (Å²) in [6.07, 6.45) is 26.6. The first-order valence-electron chi connectivity index (χ1n) is 9.17. The summed E-state index contributed by atoms with van der Waals surface area (Å²) in [5, 5.41) is 0. The average Bonchev–Trinajstić information content (AvgIpc) is 3.23. The second kappa shape index (κ2) is 13.0. The van der Waals surface area contributed by atoms with Crippen LogP contribution >= 0.6 is 0 Å². The van der Waals surface area contributed by atoms with E-state index in [0.29, 0.717) is 0 Å². The molecule has 2 radical (unpaired) electrons. The van der Waals surface area contributed by atoms with Crippen molar-refractivity contribution in [2.24, 2.45) is 5.92 Å². The molecule has 0 aromatic rings. The van der Waals surface area contributed by atoms with E-state index in [-0.39, 0.29) is 0 Å². The first-order valence-corrected chi connectivity index (χ1v) is 9.17. The highest BCUT2D eigenvalue weighted by Gasteiger charge is 2.20. The van der Waals surface area contributed by atoms with E-state index in [0.717, 1.165) is 5.92 Å². The molecule has 1 unspecified atom stereocenters. The van der Waals surface area contributed by atoms with E-state index < -0.39 is 0 Å². The summed E-state index contributed by atoms with van der Waals surface area (Å²) in [4.78, 5) is 0. The molecule has 0 heterocycles. The summed E-state index contributed by atoms with van der Waals surface area (Å²) in [7, 11) is 0. The summed E-state index contributed by atoms with van der Waals surface area (Å²) in [5.41, 5.74) is 0. The van der Waals surface area contributed by atoms with Crippen LogP contribution in [0.15, 0.2) is 0 Å². The topological polar surface area (TPSA) is 0 Å². The van der Waals surface area contributed by atoms with Gasteiger partial charge in [-0.25, -0.2) is 0 Å². The maximum absolute atomic E-state index is 3.38. The molecule has 0 N–H and O–H groups in total. The maximum atomic E-state index is 3.38. The number of hydrogen-bond acceptors (Lipinski definition) is 0. The first kappa shape index (κ1) is 17.1. The van der Waals surface area contributed by atoms with E-state index in [2.05, 4.69) is 13.3 Å². The van der Waals surface area contributed by atoms with Crippen molar-refractivity contribution in [2.45, 2.75) is 110 Å². The van der Waals surface area contributed by atoms with E-state index in [4.69, 9.17) is 0 Å². The molecule has 0 bridgehead atoms. The van der Waals surface area contributed by atoms with Gasteiger partial charge >= 0.3 is 0 Å². The van der Waals surface area contributed by atoms with Gasteiger partial charge in [-0.2, -0.15) is 0 Å². The van der Waals surface area contributed by atoms with E-state index in [1.54, 1.807) is 0 Å². The van der Waals surface area contributed by atoms with Gasteiger partial charge in [0.2, 0.25) is 0 Å². The van der Waals surface area contributed by atoms with E-state index in [1.807, 2.05) is 0 Å². The van der Waals surface area contributed by atoms with E-state index in [1.165, 1.54) is 103 Å². The number of hydrogen-bond donors (Lipinski definition) is 0. The van der Waals surface area contributed by atoms with Gasteiger partial charge in [-0.05, 0) is 25.2 Å². The largest absolute Gasteiger partial charge is 0.0654 e. The van der Waals surface area contributed by atoms with Crippen LogP contribution in [0.2, 0.25) is 0 Å². The van der Waals surface area contributed by atoms with Crippen LogP contribution in [-0.4, -0.2) is 0 Å². The monoisotopic (exact) mass is 264 g/mol. The molecule has 1 rings (SSSR count). The van der Waals surface area contributed by atoms with Crippen LogP contribution in [0.3, 0.4) is 0 Å². The molecule has 1 fully saturated rings. The van der Waals surface area contributed by atoms with Gasteiger partial charge in [0.25, 0.3) is 0 Å². The zero-order chi connectivity index (χ0) is 13.6. The number of unbranched alkanes of at least 4 members (excludes halogenated alkanes) is 13. The second-order valence-corrected chi connectivity index (χ2v) is 6.49. The highest BCUT2D eigenvalue weighted by molar-refractivity contribution is 4.93. The minimum Gasteiger partial charge on any atom is -0.0654 e. The van der Waals surface area contributed by atoms with Crippen LogP contribution in [0.4, 0.5) is 0 Å². The standard InChI is InChI=1S/C19H36/c1-2-3-4-5-6-7-8-9-10-11-12-13-14-15-16-19-17-18-19/h19H,2-17H2,1H3. The summed E-state index contributed by atoms with van der Waals surface area (Å²) in [6, 6.07) is 0. The Bertz CT molecular complexity index is 169. The van der Waals surface area contributed by atoms with Crippen LogP contribution in [0.1, 0.15) is 110 Å². The van der Waals surface area contributed by atoms with Gasteiger partial charge in [-0.1, -0.05) is 96.8 Å². The molecule has 0 saturated heterocycles. The lowest BCUT2D eigenvalue weighted by atomic mass is 10.0. The molecule has 0 amide bonds. The fraction of sp³-hybridized carbons (Fsp3) is 0.947. The van der Waals surface area contributed by atoms with Gasteiger partial charge in [0.1, 0.15) is 0 Å². The fourth-order valence-electron chi connectivity index (χ4n) is 2.87. The molecule has 1 aliphatic carbocycles. The van der Waals surface area contributed by atoms with Crippen molar-refractivity contribution < 1.29 is 0 Å². The second-order valence-electron chi connectivity index (χ2n) is 6.49. The molecule has 0 aromatic heterocycles. The Kier molecular flexibility index (Phi) is 11.7. The van der Waals surface area contributed by atoms with Gasteiger partial charge in [0, 0.05) is 0 Å². The molecule has 0 heteroatoms. The minimum atomic E-state index is 0.900. The molecule has 112 valence electrons. The first-order chi connectivity index (χ1) is 9.43. The van der Waals surface area contributed by atoms with Crippen LogP contribution < -0.4 is 0 Å². The molecule has 0 spiro atoms. The molecule has 1 aliphatic rings. The lowest BCUT2D eigenvalue weighted by Crippen LogP contribution is -1.83. The quantitative estimate of drug-likeness (QED) is 0.280. The normalized spacial score (nSPS) is 15.0. The summed E-state index contributed by atoms with van der Waals surface area (Å²) < 4.78 is 0. The molecule has 0 nitrogen and oxygen atoms in total. The lowest BCUT2D eigenvalue weighted by molar-refractivity contribution is 0.528. The average molecular weight is 264 g/mol. The zero-order valence-electron chi connectivity index (χ0n) is 13.4. The van der Waals surface area contributed by atoms with E-state index >= 15 is 0 Å². The predicted molar refractivity (Wildman–Crippen MR) is 86.3 cm³/mol. The molecule has 19 heavy (non-hydrogen) atoms. The van der Waals surface area contributed by atoms with Gasteiger partial charge in [0.15, 0.2) is 0 Å². The third-order valence-corrected chi connectivity index (χ3v) is 4.40. The zero-order valence-corrected chi connectivity index (χ0v) is 13.4. The Hall–Kier alpha value is 0. The van der Waals surface area contributed by atoms with Crippen molar-refractivity contribution in [3.8, 4) is 0 Å². The van der Waals surface area contributed by atoms with Gasteiger partial charge < -0.3 is 0 Å². The molecular formula is C19H36. The SMILES string of the molecule is CCCCCCCCCCCCCCCCC1[C]C1. The predicted octanol–water partition coefficient (Wildman–Crippen LogP) is 6.96. The van der Waals surface area contributed by atoms with Crippen molar-refractivity contribution in [1.82, 2.24) is 0 Å². The molecule has 1 atom stereocenters. The highest BCUT2D eigenvalue weighted by atomic mass is 14.3. The molecule has 0 aromatic carbocycles. The van der Waals surface area contributed by atoms with Crippen LogP contribution in [0, 0.1) is 12.3 Å². The van der Waals surface area contributed by atoms with Crippen LogP contribution in [-0.2, 0) is 0 Å². The summed E-state index contributed by atoms with van der Waals surface area (Å²) in [5.74, 6) is 0.900. The fourth-order valence-corrected chi connectivity index (χ4v) is 2.87. The highest BCUT2D eigenvalue weighted by Crippen LogP contribution is 2.32. The summed E-state index contributed by atoms with van der Waals surface area (Å²) in [6.45, 7) is 2.29. The molecular weight excluding hydrogens is 228 g/mol. The van der Waals surface area contributed by atoms with Gasteiger partial charge in [0.05, 0.1) is 0 Å². The molecule has 0 aliphatic heterocycles. The van der Waals surface area contributed by atoms with Crippen molar-refractivity contribution >= 4 is 0 Å². The van der Waals surface area contributed by atoms with Gasteiger partial charge in [-0.3, -0.25) is 0 Å². The van der Waals surface area contributed by atoms with Crippen molar-refractivity contribution in [1.29, 1.82) is 0 Å². The minimum absolute atomic E-state index is 0.900. The smallest absolute Gasteiger partial charge is 0.0136 e. The van der Waals surface area contributed by atoms with Crippen molar-refractivity contribution in [2.75, 3.05) is 0 Å². The Morgan fingerprint density at radius 1 is 0.632 bits per heavy atom. The maximum Gasteiger partial charge on any atom is -0.0136 e. The Balaban J connectivity index is 1.60. The third-order valence-electron chi connectivity index (χ3n) is 4.40. The lowest BCUT2D eigenvalue weighted by Gasteiger charge is -2.03. The van der Waals surface area contributed by atoms with E-state index in [9.17, 15) is 0 Å². The van der Waals surface area contributed by atoms with Crippen LogP contribution in [0.25, 0.3) is 0 Å². The molecule has 1 saturated carbocycles. The third kappa shape index (κ3) is 12.8. The van der Waals surface area contributed by atoms with Crippen molar-refractivity contribution in [3.05, 3.63) is 6.42 Å². The Morgan fingerprint density at radius 2 is 1.00 bits per heavy atom. The number of rotatable bonds is 15. The van der Waals surface area contributed by atoms with Gasteiger partial charge in [-0.15, -0.1) is 0 Å².